The molecule has 0 aliphatic rings. The molecule has 196 valence electrons. The normalized spacial score (nSPS) is 11.7. The summed E-state index contributed by atoms with van der Waals surface area (Å²) in [6, 6.07) is 26.8. The Morgan fingerprint density at radius 3 is 2.24 bits per heavy atom. The Balaban J connectivity index is 1.39. The fraction of sp³-hybridized carbons (Fsp3) is 0.258. The number of carbonyl (C=O) groups is 1. The van der Waals surface area contributed by atoms with Crippen molar-refractivity contribution in [3.8, 4) is 17.2 Å². The number of esters is 1. The summed E-state index contributed by atoms with van der Waals surface area (Å²) >= 11 is 0. The van der Waals surface area contributed by atoms with Crippen LogP contribution < -0.4 is 4.74 Å². The van der Waals surface area contributed by atoms with Gasteiger partial charge in [0.2, 0.25) is 5.89 Å². The Hall–Kier alpha value is -4.39. The maximum absolute atomic E-state index is 12.6. The molecule has 1 aromatic heterocycles. The van der Waals surface area contributed by atoms with Gasteiger partial charge in [0.25, 0.3) is 0 Å². The van der Waals surface area contributed by atoms with Crippen molar-refractivity contribution in [1.82, 2.24) is 4.98 Å². The molecular weight excluding hydrogens is 480 g/mol. The number of nitrogens with zero attached hydrogens (tertiary/aromatic N) is 2. The summed E-state index contributed by atoms with van der Waals surface area (Å²) in [6.45, 7) is 8.06. The van der Waals surface area contributed by atoms with Crippen LogP contribution in [0.25, 0.3) is 11.5 Å². The molecule has 0 N–H and O–H groups in total. The van der Waals surface area contributed by atoms with Gasteiger partial charge in [0.05, 0.1) is 6.61 Å². The van der Waals surface area contributed by atoms with Crippen LogP contribution in [0.3, 0.4) is 0 Å². The van der Waals surface area contributed by atoms with E-state index in [2.05, 4.69) is 10.1 Å². The highest BCUT2D eigenvalue weighted by Gasteiger charge is 2.37. The van der Waals surface area contributed by atoms with Crippen LogP contribution in [0.2, 0.25) is 0 Å². The summed E-state index contributed by atoms with van der Waals surface area (Å²) in [4.78, 5) is 22.9. The van der Waals surface area contributed by atoms with Crippen molar-refractivity contribution in [3.05, 3.63) is 108 Å². The van der Waals surface area contributed by atoms with Crippen molar-refractivity contribution in [1.29, 1.82) is 0 Å². The molecular formula is C31H32N2O5. The van der Waals surface area contributed by atoms with Crippen molar-refractivity contribution in [2.45, 2.75) is 40.9 Å². The van der Waals surface area contributed by atoms with Gasteiger partial charge >= 0.3 is 5.97 Å². The van der Waals surface area contributed by atoms with Gasteiger partial charge in [-0.15, -0.1) is 0 Å². The first-order chi connectivity index (χ1) is 18.4. The molecule has 0 saturated carbocycles. The van der Waals surface area contributed by atoms with Crippen LogP contribution in [0.4, 0.5) is 0 Å². The average Bonchev–Trinajstić information content (AvgIpc) is 3.32. The average molecular weight is 513 g/mol. The van der Waals surface area contributed by atoms with Gasteiger partial charge in [-0.2, -0.15) is 0 Å². The zero-order chi connectivity index (χ0) is 27.0. The van der Waals surface area contributed by atoms with Gasteiger partial charge in [-0.25, -0.2) is 4.98 Å². The van der Waals surface area contributed by atoms with E-state index in [0.29, 0.717) is 30.6 Å². The topological polar surface area (TPSA) is 83.2 Å². The molecule has 0 aliphatic heterocycles. The first kappa shape index (κ1) is 26.7. The largest absolute Gasteiger partial charge is 0.487 e. The highest BCUT2D eigenvalue weighted by molar-refractivity contribution is 6.14. The monoisotopic (exact) mass is 512 g/mol. The minimum Gasteiger partial charge on any atom is -0.487 e. The number of carbonyl (C=O) groups excluding carboxylic acids is 1. The van der Waals surface area contributed by atoms with Crippen molar-refractivity contribution >= 4 is 11.7 Å². The van der Waals surface area contributed by atoms with Crippen LogP contribution in [0.5, 0.6) is 5.75 Å². The number of oxazole rings is 1. The van der Waals surface area contributed by atoms with Gasteiger partial charge in [-0.3, -0.25) is 4.79 Å². The first-order valence-electron chi connectivity index (χ1n) is 12.5. The van der Waals surface area contributed by atoms with E-state index in [1.165, 1.54) is 0 Å². The van der Waals surface area contributed by atoms with Crippen LogP contribution in [-0.2, 0) is 27.6 Å². The summed E-state index contributed by atoms with van der Waals surface area (Å²) in [7, 11) is 0. The molecule has 0 spiro atoms. The second-order valence-electron chi connectivity index (χ2n) is 9.25. The van der Waals surface area contributed by atoms with E-state index in [0.717, 1.165) is 28.1 Å². The lowest BCUT2D eigenvalue weighted by Gasteiger charge is -2.24. The summed E-state index contributed by atoms with van der Waals surface area (Å²) in [6.07, 6.45) is 0. The quantitative estimate of drug-likeness (QED) is 0.126. The van der Waals surface area contributed by atoms with E-state index < -0.39 is 5.41 Å². The molecule has 4 rings (SSSR count). The molecule has 1 heterocycles. The van der Waals surface area contributed by atoms with E-state index in [1.807, 2.05) is 91.9 Å². The van der Waals surface area contributed by atoms with E-state index in [4.69, 9.17) is 18.7 Å². The standard InChI is InChI=1S/C31H32N2O5/c1-5-35-30(34)31(3,4)28(24-12-8-6-9-13-24)33-37-20-23-16-18-26(19-17-23)36-21-27-22(2)38-29(32-27)25-14-10-7-11-15-25/h6-19H,5,20-21H2,1-4H3/b33-28+. The lowest BCUT2D eigenvalue weighted by Crippen LogP contribution is -2.36. The maximum Gasteiger partial charge on any atom is 0.317 e. The Morgan fingerprint density at radius 1 is 0.921 bits per heavy atom. The lowest BCUT2D eigenvalue weighted by atomic mass is 9.83. The first-order valence-corrected chi connectivity index (χ1v) is 12.5. The summed E-state index contributed by atoms with van der Waals surface area (Å²) in [5.74, 6) is 1.66. The van der Waals surface area contributed by atoms with Crippen LogP contribution in [0.1, 0.15) is 43.4 Å². The van der Waals surface area contributed by atoms with Gasteiger partial charge in [0.1, 0.15) is 41.5 Å². The number of aromatic nitrogens is 1. The highest BCUT2D eigenvalue weighted by atomic mass is 16.6. The molecule has 7 nitrogen and oxygen atoms in total. The summed E-state index contributed by atoms with van der Waals surface area (Å²) in [5.41, 5.74) is 2.92. The molecule has 0 radical (unpaired) electrons. The van der Waals surface area contributed by atoms with E-state index in [1.54, 1.807) is 20.8 Å². The number of aryl methyl sites for hydroxylation is 1. The Bertz CT molecular complexity index is 1360. The molecule has 0 bridgehead atoms. The van der Waals surface area contributed by atoms with Gasteiger partial charge in [-0.05, 0) is 57.5 Å². The molecule has 0 aliphatic carbocycles. The number of benzene rings is 3. The van der Waals surface area contributed by atoms with Crippen LogP contribution in [0.15, 0.2) is 94.5 Å². The zero-order valence-electron chi connectivity index (χ0n) is 22.1. The molecule has 7 heteroatoms. The minimum atomic E-state index is -0.977. The second kappa shape index (κ2) is 12.2. The molecule has 0 fully saturated rings. The van der Waals surface area contributed by atoms with Gasteiger partial charge < -0.3 is 18.7 Å². The highest BCUT2D eigenvalue weighted by Crippen LogP contribution is 2.26. The number of oxime groups is 1. The zero-order valence-corrected chi connectivity index (χ0v) is 22.1. The van der Waals surface area contributed by atoms with Gasteiger partial charge in [0.15, 0.2) is 0 Å². The maximum atomic E-state index is 12.6. The lowest BCUT2D eigenvalue weighted by molar-refractivity contribution is -0.149. The molecule has 0 atom stereocenters. The third-order valence-corrected chi connectivity index (χ3v) is 6.02. The molecule has 0 amide bonds. The molecule has 0 saturated heterocycles. The Morgan fingerprint density at radius 2 is 1.58 bits per heavy atom. The number of hydrogen-bond acceptors (Lipinski definition) is 7. The SMILES string of the molecule is CCOC(=O)C(C)(C)/C(=N/OCc1ccc(OCc2nc(-c3ccccc3)oc2C)cc1)c1ccccc1. The third kappa shape index (κ3) is 6.48. The van der Waals surface area contributed by atoms with Crippen LogP contribution >= 0.6 is 0 Å². The minimum absolute atomic E-state index is 0.234. The van der Waals surface area contributed by atoms with Gasteiger partial charge in [0, 0.05) is 11.1 Å². The molecule has 4 aromatic rings. The van der Waals surface area contributed by atoms with Crippen molar-refractivity contribution in [2.24, 2.45) is 10.6 Å². The van der Waals surface area contributed by atoms with Crippen molar-refractivity contribution < 1.29 is 23.5 Å². The number of rotatable bonds is 11. The van der Waals surface area contributed by atoms with Crippen LogP contribution in [-0.4, -0.2) is 23.3 Å². The Labute approximate surface area is 223 Å². The summed E-state index contributed by atoms with van der Waals surface area (Å²) in [5, 5.41) is 4.37. The number of hydrogen-bond donors (Lipinski definition) is 0. The molecule has 3 aromatic carbocycles. The fourth-order valence-corrected chi connectivity index (χ4v) is 3.80. The molecule has 0 unspecified atom stereocenters. The predicted molar refractivity (Wildman–Crippen MR) is 146 cm³/mol. The fourth-order valence-electron chi connectivity index (χ4n) is 3.80. The third-order valence-electron chi connectivity index (χ3n) is 6.02. The van der Waals surface area contributed by atoms with E-state index in [9.17, 15) is 4.79 Å². The van der Waals surface area contributed by atoms with Crippen molar-refractivity contribution in [3.63, 3.8) is 0 Å². The summed E-state index contributed by atoms with van der Waals surface area (Å²) < 4.78 is 17.0. The van der Waals surface area contributed by atoms with E-state index in [-0.39, 0.29) is 12.6 Å². The number of ether oxygens (including phenoxy) is 2. The van der Waals surface area contributed by atoms with Crippen molar-refractivity contribution in [2.75, 3.05) is 6.61 Å². The smallest absolute Gasteiger partial charge is 0.317 e. The van der Waals surface area contributed by atoms with Crippen LogP contribution in [0, 0.1) is 12.3 Å². The van der Waals surface area contributed by atoms with Gasteiger partial charge in [-0.1, -0.05) is 65.8 Å². The molecule has 38 heavy (non-hydrogen) atoms. The predicted octanol–water partition coefficient (Wildman–Crippen LogP) is 6.74. The Kier molecular flexibility index (Phi) is 8.58. The second-order valence-corrected chi connectivity index (χ2v) is 9.25. The van der Waals surface area contributed by atoms with E-state index >= 15 is 0 Å².